The number of para-hydroxylation sites is 1. The molecule has 4 aromatic rings. The first kappa shape index (κ1) is 19.7. The third-order valence-electron chi connectivity index (χ3n) is 5.30. The summed E-state index contributed by atoms with van der Waals surface area (Å²) in [5.74, 6) is 1.56. The maximum Gasteiger partial charge on any atom is 0.207 e. The summed E-state index contributed by atoms with van der Waals surface area (Å²) in [4.78, 5) is 20.0. The van der Waals surface area contributed by atoms with Crippen molar-refractivity contribution >= 4 is 34.2 Å². The van der Waals surface area contributed by atoms with Crippen LogP contribution in [0.25, 0.3) is 21.9 Å². The number of aromatic nitrogens is 3. The van der Waals surface area contributed by atoms with Gasteiger partial charge in [0, 0.05) is 30.5 Å². The fraction of sp³-hybridized carbons (Fsp3) is 0.261. The molecule has 0 fully saturated rings. The largest absolute Gasteiger partial charge is 0.508 e. The number of unbranched alkanes of at least 4 members (excludes halogenated alkanes) is 1. The molecule has 0 aliphatic carbocycles. The number of benzene rings is 2. The highest BCUT2D eigenvalue weighted by molar-refractivity contribution is 6.06. The standard InChI is InChI=1S/C23H25N5O2/c1-2-3-8-20-27-21-22(17-6-4-5-7-18(17)26-23(21)24)28(20)13-15-9-10-19(30)16(11-15)12-25-14-29/h4-7,9-11,14,30H,2-3,8,12-13H2,1H3,(H2,24,26)(H,25,29). The molecule has 0 unspecified atom stereocenters. The van der Waals surface area contributed by atoms with E-state index in [0.717, 1.165) is 52.6 Å². The number of carbonyl (C=O) groups is 1. The lowest BCUT2D eigenvalue weighted by molar-refractivity contribution is -0.109. The van der Waals surface area contributed by atoms with Crippen LogP contribution in [0.5, 0.6) is 5.75 Å². The average Bonchev–Trinajstić information content (AvgIpc) is 3.11. The molecule has 0 spiro atoms. The molecule has 2 heterocycles. The van der Waals surface area contributed by atoms with Gasteiger partial charge in [-0.05, 0) is 30.2 Å². The molecule has 154 valence electrons. The van der Waals surface area contributed by atoms with Crippen molar-refractivity contribution in [3.05, 3.63) is 59.4 Å². The minimum atomic E-state index is 0.161. The van der Waals surface area contributed by atoms with Crippen molar-refractivity contribution in [2.45, 2.75) is 39.3 Å². The number of nitrogen functional groups attached to an aromatic ring is 1. The van der Waals surface area contributed by atoms with E-state index in [1.54, 1.807) is 6.07 Å². The number of hydrogen-bond acceptors (Lipinski definition) is 5. The van der Waals surface area contributed by atoms with E-state index < -0.39 is 0 Å². The molecule has 7 heteroatoms. The third kappa shape index (κ3) is 3.66. The number of phenolic OH excluding ortho intramolecular Hbond substituents is 1. The number of fused-ring (bicyclic) bond motifs is 3. The van der Waals surface area contributed by atoms with Crippen LogP contribution in [0.4, 0.5) is 5.82 Å². The number of imidazole rings is 1. The Labute approximate surface area is 174 Å². The highest BCUT2D eigenvalue weighted by Crippen LogP contribution is 2.30. The highest BCUT2D eigenvalue weighted by Gasteiger charge is 2.17. The Morgan fingerprint density at radius 3 is 2.83 bits per heavy atom. The lowest BCUT2D eigenvalue weighted by Gasteiger charge is -2.13. The molecule has 4 N–H and O–H groups in total. The minimum absolute atomic E-state index is 0.161. The smallest absolute Gasteiger partial charge is 0.207 e. The topological polar surface area (TPSA) is 106 Å². The van der Waals surface area contributed by atoms with Crippen molar-refractivity contribution in [1.82, 2.24) is 19.9 Å². The summed E-state index contributed by atoms with van der Waals surface area (Å²) >= 11 is 0. The van der Waals surface area contributed by atoms with E-state index >= 15 is 0 Å². The Kier molecular flexibility index (Phi) is 5.52. The van der Waals surface area contributed by atoms with E-state index in [2.05, 4.69) is 21.8 Å². The van der Waals surface area contributed by atoms with Crippen LogP contribution in [0.15, 0.2) is 42.5 Å². The number of rotatable bonds is 8. The Morgan fingerprint density at radius 1 is 1.20 bits per heavy atom. The molecule has 0 atom stereocenters. The molecule has 4 rings (SSSR count). The SMILES string of the molecule is CCCCc1nc2c(N)nc3ccccc3c2n1Cc1ccc(O)c(CNC=O)c1. The number of nitrogens with zero attached hydrogens (tertiary/aromatic N) is 3. The number of carbonyl (C=O) groups excluding carboxylic acids is 1. The van der Waals surface area contributed by atoms with Crippen LogP contribution in [0.1, 0.15) is 36.7 Å². The number of amides is 1. The molecule has 2 aromatic heterocycles. The molecule has 0 aliphatic heterocycles. The van der Waals surface area contributed by atoms with Crippen molar-refractivity contribution in [3.63, 3.8) is 0 Å². The van der Waals surface area contributed by atoms with Gasteiger partial charge in [-0.15, -0.1) is 0 Å². The van der Waals surface area contributed by atoms with Gasteiger partial charge in [-0.25, -0.2) is 9.97 Å². The molecule has 2 aromatic carbocycles. The van der Waals surface area contributed by atoms with Gasteiger partial charge in [-0.2, -0.15) is 0 Å². The first-order chi connectivity index (χ1) is 14.6. The fourth-order valence-electron chi connectivity index (χ4n) is 3.81. The number of anilines is 1. The molecule has 0 aliphatic rings. The van der Waals surface area contributed by atoms with Gasteiger partial charge in [0.2, 0.25) is 6.41 Å². The van der Waals surface area contributed by atoms with Crippen LogP contribution in [-0.2, 0) is 24.3 Å². The number of aryl methyl sites for hydroxylation is 1. The number of aromatic hydroxyl groups is 1. The van der Waals surface area contributed by atoms with Gasteiger partial charge in [0.25, 0.3) is 0 Å². The molecular formula is C23H25N5O2. The monoisotopic (exact) mass is 403 g/mol. The van der Waals surface area contributed by atoms with Crippen molar-refractivity contribution in [3.8, 4) is 5.75 Å². The number of phenols is 1. The van der Waals surface area contributed by atoms with Crippen molar-refractivity contribution in [1.29, 1.82) is 0 Å². The molecule has 7 nitrogen and oxygen atoms in total. The lowest BCUT2D eigenvalue weighted by Crippen LogP contribution is -2.11. The van der Waals surface area contributed by atoms with Crippen LogP contribution in [0.2, 0.25) is 0 Å². The van der Waals surface area contributed by atoms with Crippen LogP contribution in [-0.4, -0.2) is 26.1 Å². The van der Waals surface area contributed by atoms with Crippen molar-refractivity contribution < 1.29 is 9.90 Å². The second kappa shape index (κ2) is 8.41. The summed E-state index contributed by atoms with van der Waals surface area (Å²) in [5.41, 5.74) is 10.5. The predicted octanol–water partition coefficient (Wildman–Crippen LogP) is 3.51. The van der Waals surface area contributed by atoms with Crippen molar-refractivity contribution in [2.24, 2.45) is 0 Å². The van der Waals surface area contributed by atoms with E-state index in [-0.39, 0.29) is 12.3 Å². The number of nitrogens with two attached hydrogens (primary N) is 1. The minimum Gasteiger partial charge on any atom is -0.508 e. The Hall–Kier alpha value is -3.61. The number of nitrogens with one attached hydrogen (secondary N) is 1. The van der Waals surface area contributed by atoms with E-state index in [9.17, 15) is 9.90 Å². The molecule has 0 saturated carbocycles. The van der Waals surface area contributed by atoms with Gasteiger partial charge in [0.05, 0.1) is 11.0 Å². The number of hydrogen-bond donors (Lipinski definition) is 3. The molecule has 0 radical (unpaired) electrons. The summed E-state index contributed by atoms with van der Waals surface area (Å²) < 4.78 is 2.20. The van der Waals surface area contributed by atoms with Gasteiger partial charge in [0.15, 0.2) is 5.82 Å². The lowest BCUT2D eigenvalue weighted by atomic mass is 10.1. The maximum absolute atomic E-state index is 10.7. The normalized spacial score (nSPS) is 11.2. The van der Waals surface area contributed by atoms with E-state index in [0.29, 0.717) is 24.3 Å². The van der Waals surface area contributed by atoms with Gasteiger partial charge in [-0.1, -0.05) is 37.6 Å². The van der Waals surface area contributed by atoms with E-state index in [1.807, 2.05) is 36.4 Å². The Balaban J connectivity index is 1.87. The Bertz CT molecular complexity index is 1220. The number of pyridine rings is 1. The third-order valence-corrected chi connectivity index (χ3v) is 5.30. The summed E-state index contributed by atoms with van der Waals surface area (Å²) in [7, 11) is 0. The van der Waals surface area contributed by atoms with E-state index in [4.69, 9.17) is 10.7 Å². The summed E-state index contributed by atoms with van der Waals surface area (Å²) in [6.07, 6.45) is 3.56. The predicted molar refractivity (Wildman–Crippen MR) is 118 cm³/mol. The van der Waals surface area contributed by atoms with Crippen LogP contribution in [0, 0.1) is 0 Å². The first-order valence-corrected chi connectivity index (χ1v) is 10.1. The maximum atomic E-state index is 10.7. The summed E-state index contributed by atoms with van der Waals surface area (Å²) in [6.45, 7) is 3.01. The zero-order valence-corrected chi connectivity index (χ0v) is 16.9. The molecular weight excluding hydrogens is 378 g/mol. The van der Waals surface area contributed by atoms with Crippen LogP contribution >= 0.6 is 0 Å². The van der Waals surface area contributed by atoms with Crippen molar-refractivity contribution in [2.75, 3.05) is 5.73 Å². The Morgan fingerprint density at radius 2 is 2.03 bits per heavy atom. The van der Waals surface area contributed by atoms with Crippen LogP contribution < -0.4 is 11.1 Å². The molecule has 1 amide bonds. The van der Waals surface area contributed by atoms with Crippen LogP contribution in [0.3, 0.4) is 0 Å². The average molecular weight is 403 g/mol. The molecule has 0 saturated heterocycles. The summed E-state index contributed by atoms with van der Waals surface area (Å²) in [5, 5.41) is 13.7. The first-order valence-electron chi connectivity index (χ1n) is 10.1. The van der Waals surface area contributed by atoms with Gasteiger partial charge < -0.3 is 20.7 Å². The summed E-state index contributed by atoms with van der Waals surface area (Å²) in [6, 6.07) is 13.4. The highest BCUT2D eigenvalue weighted by atomic mass is 16.3. The second-order valence-electron chi connectivity index (χ2n) is 7.39. The quantitative estimate of drug-likeness (QED) is 0.390. The fourth-order valence-corrected chi connectivity index (χ4v) is 3.81. The zero-order chi connectivity index (χ0) is 21.1. The molecule has 0 bridgehead atoms. The van der Waals surface area contributed by atoms with Gasteiger partial charge in [0.1, 0.15) is 17.1 Å². The second-order valence-corrected chi connectivity index (χ2v) is 7.39. The zero-order valence-electron chi connectivity index (χ0n) is 16.9. The van der Waals surface area contributed by atoms with E-state index in [1.165, 1.54) is 0 Å². The van der Waals surface area contributed by atoms with Gasteiger partial charge >= 0.3 is 0 Å². The molecule has 30 heavy (non-hydrogen) atoms. The van der Waals surface area contributed by atoms with Gasteiger partial charge in [-0.3, -0.25) is 4.79 Å².